The molecule has 1 saturated heterocycles. The van der Waals surface area contributed by atoms with Gasteiger partial charge >= 0.3 is 0 Å². The number of hydrogen-bond acceptors (Lipinski definition) is 3. The number of nitrogens with zero attached hydrogens (tertiary/aromatic N) is 3. The summed E-state index contributed by atoms with van der Waals surface area (Å²) in [7, 11) is 0. The van der Waals surface area contributed by atoms with Gasteiger partial charge in [-0.05, 0) is 56.8 Å². The van der Waals surface area contributed by atoms with E-state index in [-0.39, 0.29) is 0 Å². The first-order chi connectivity index (χ1) is 12.7. The Hall–Kier alpha value is -1.62. The third-order valence-electron chi connectivity index (χ3n) is 5.09. The Morgan fingerprint density at radius 1 is 1.19 bits per heavy atom. The number of rotatable bonds is 8. The van der Waals surface area contributed by atoms with Crippen LogP contribution in [0.4, 0.5) is 0 Å². The van der Waals surface area contributed by atoms with Gasteiger partial charge in [0.15, 0.2) is 5.96 Å². The summed E-state index contributed by atoms with van der Waals surface area (Å²) in [5, 5.41) is 6.85. The molecule has 5 heteroatoms. The summed E-state index contributed by atoms with van der Waals surface area (Å²) in [6, 6.07) is 4.64. The van der Waals surface area contributed by atoms with Gasteiger partial charge in [0.2, 0.25) is 0 Å². The second-order valence-electron chi connectivity index (χ2n) is 7.52. The first-order valence-corrected chi connectivity index (χ1v) is 10.4. The molecule has 1 aromatic rings. The van der Waals surface area contributed by atoms with Gasteiger partial charge in [-0.25, -0.2) is 0 Å². The average molecular weight is 360 g/mol. The number of aromatic nitrogens is 1. The van der Waals surface area contributed by atoms with E-state index in [1.54, 1.807) is 0 Å². The van der Waals surface area contributed by atoms with Gasteiger partial charge in [0.05, 0.1) is 6.54 Å². The molecule has 26 heavy (non-hydrogen) atoms. The summed E-state index contributed by atoms with van der Waals surface area (Å²) < 4.78 is 0. The minimum Gasteiger partial charge on any atom is -0.357 e. The molecule has 0 spiro atoms. The Balaban J connectivity index is 1.89. The highest BCUT2D eigenvalue weighted by atomic mass is 15.2. The lowest BCUT2D eigenvalue weighted by Crippen LogP contribution is -2.44. The predicted octanol–water partition coefficient (Wildman–Crippen LogP) is 3.08. The van der Waals surface area contributed by atoms with Crippen molar-refractivity contribution in [2.24, 2.45) is 10.9 Å². The molecular formula is C21H37N5. The molecule has 1 aliphatic rings. The number of likely N-dealkylation sites (tertiary alicyclic amines) is 1. The third-order valence-corrected chi connectivity index (χ3v) is 5.09. The van der Waals surface area contributed by atoms with Crippen LogP contribution in [-0.2, 0) is 6.42 Å². The van der Waals surface area contributed by atoms with Gasteiger partial charge in [-0.3, -0.25) is 14.9 Å². The number of hydrogen-bond donors (Lipinski definition) is 2. The van der Waals surface area contributed by atoms with E-state index >= 15 is 0 Å². The van der Waals surface area contributed by atoms with E-state index in [0.29, 0.717) is 12.0 Å². The van der Waals surface area contributed by atoms with E-state index in [9.17, 15) is 0 Å². The Morgan fingerprint density at radius 2 is 1.96 bits per heavy atom. The Labute approximate surface area is 159 Å². The van der Waals surface area contributed by atoms with E-state index in [2.05, 4.69) is 47.4 Å². The van der Waals surface area contributed by atoms with Gasteiger partial charge in [0.25, 0.3) is 0 Å². The van der Waals surface area contributed by atoms with Gasteiger partial charge in [-0.2, -0.15) is 0 Å². The maximum Gasteiger partial charge on any atom is 0.191 e. The largest absolute Gasteiger partial charge is 0.357 e. The quantitative estimate of drug-likeness (QED) is 0.553. The van der Waals surface area contributed by atoms with Crippen LogP contribution in [0.25, 0.3) is 0 Å². The second-order valence-corrected chi connectivity index (χ2v) is 7.52. The highest BCUT2D eigenvalue weighted by molar-refractivity contribution is 5.79. The molecular weight excluding hydrogens is 322 g/mol. The summed E-state index contributed by atoms with van der Waals surface area (Å²) in [5.41, 5.74) is 1.25. The van der Waals surface area contributed by atoms with Crippen molar-refractivity contribution < 1.29 is 0 Å². The van der Waals surface area contributed by atoms with Gasteiger partial charge in [-0.15, -0.1) is 0 Å². The van der Waals surface area contributed by atoms with Crippen molar-refractivity contribution >= 4 is 5.96 Å². The minimum absolute atomic E-state index is 0.530. The summed E-state index contributed by atoms with van der Waals surface area (Å²) in [4.78, 5) is 11.8. The lowest BCUT2D eigenvalue weighted by atomic mass is 10.0. The Bertz CT molecular complexity index is 506. The first-order valence-electron chi connectivity index (χ1n) is 10.4. The van der Waals surface area contributed by atoms with Crippen LogP contribution in [-0.4, -0.2) is 54.6 Å². The molecule has 2 N–H and O–H groups in total. The molecule has 0 bridgehead atoms. The van der Waals surface area contributed by atoms with Crippen molar-refractivity contribution in [2.45, 2.75) is 58.9 Å². The van der Waals surface area contributed by atoms with Gasteiger partial charge < -0.3 is 10.6 Å². The predicted molar refractivity (Wildman–Crippen MR) is 111 cm³/mol. The lowest BCUT2D eigenvalue weighted by molar-refractivity contribution is 0.166. The lowest BCUT2D eigenvalue weighted by Gasteiger charge is -2.32. The van der Waals surface area contributed by atoms with Crippen molar-refractivity contribution in [3.63, 3.8) is 0 Å². The van der Waals surface area contributed by atoms with Crippen LogP contribution in [0.2, 0.25) is 0 Å². The molecule has 2 heterocycles. The maximum atomic E-state index is 4.91. The van der Waals surface area contributed by atoms with Gasteiger partial charge in [-0.1, -0.05) is 32.8 Å². The molecule has 1 aliphatic heterocycles. The van der Waals surface area contributed by atoms with Crippen LogP contribution in [0.15, 0.2) is 29.5 Å². The zero-order valence-corrected chi connectivity index (χ0v) is 16.9. The van der Waals surface area contributed by atoms with Crippen LogP contribution >= 0.6 is 0 Å². The van der Waals surface area contributed by atoms with E-state index in [1.807, 2.05) is 18.5 Å². The molecule has 0 aromatic carbocycles. The molecule has 1 fully saturated rings. The van der Waals surface area contributed by atoms with Gasteiger partial charge in [0.1, 0.15) is 0 Å². The average Bonchev–Trinajstić information content (AvgIpc) is 2.92. The standard InChI is InChI=1S/C21H37N5/c1-4-23-21(24-13-11-19-10-9-12-22-16-19)25-17-20(18(2)3)26-14-7-5-6-8-15-26/h9-10,12,16,18,20H,4-8,11,13-15,17H2,1-3H3,(H2,23,24,25). The fourth-order valence-electron chi connectivity index (χ4n) is 3.57. The molecule has 0 aliphatic carbocycles. The fraction of sp³-hybridized carbons (Fsp3) is 0.714. The van der Waals surface area contributed by atoms with Crippen LogP contribution in [0, 0.1) is 5.92 Å². The third kappa shape index (κ3) is 7.32. The number of pyridine rings is 1. The molecule has 1 aromatic heterocycles. The molecule has 1 unspecified atom stereocenters. The fourth-order valence-corrected chi connectivity index (χ4v) is 3.57. The van der Waals surface area contributed by atoms with Crippen LogP contribution in [0.3, 0.4) is 0 Å². The molecule has 0 amide bonds. The van der Waals surface area contributed by atoms with E-state index < -0.39 is 0 Å². The molecule has 2 rings (SSSR count). The zero-order valence-electron chi connectivity index (χ0n) is 16.9. The Morgan fingerprint density at radius 3 is 2.58 bits per heavy atom. The number of aliphatic imine (C=N–C) groups is 1. The van der Waals surface area contributed by atoms with Crippen LogP contribution in [0.5, 0.6) is 0 Å². The van der Waals surface area contributed by atoms with Crippen LogP contribution in [0.1, 0.15) is 52.0 Å². The molecule has 1 atom stereocenters. The normalized spacial score (nSPS) is 17.8. The number of nitrogens with one attached hydrogen (secondary N) is 2. The first kappa shape index (κ1) is 20.7. The monoisotopic (exact) mass is 359 g/mol. The zero-order chi connectivity index (χ0) is 18.6. The highest BCUT2D eigenvalue weighted by Crippen LogP contribution is 2.17. The molecule has 5 nitrogen and oxygen atoms in total. The molecule has 0 saturated carbocycles. The second kappa shape index (κ2) is 11.9. The smallest absolute Gasteiger partial charge is 0.191 e. The van der Waals surface area contributed by atoms with Crippen molar-refractivity contribution in [1.29, 1.82) is 0 Å². The van der Waals surface area contributed by atoms with Crippen molar-refractivity contribution in [1.82, 2.24) is 20.5 Å². The molecule has 146 valence electrons. The SMILES string of the molecule is CCNC(=NCC(C(C)C)N1CCCCCC1)NCCc1cccnc1. The topological polar surface area (TPSA) is 52.6 Å². The minimum atomic E-state index is 0.530. The van der Waals surface area contributed by atoms with Gasteiger partial charge in [0, 0.05) is 31.5 Å². The Kier molecular flexibility index (Phi) is 9.46. The maximum absolute atomic E-state index is 4.91. The van der Waals surface area contributed by atoms with E-state index in [4.69, 9.17) is 4.99 Å². The van der Waals surface area contributed by atoms with Crippen molar-refractivity contribution in [2.75, 3.05) is 32.7 Å². The summed E-state index contributed by atoms with van der Waals surface area (Å²) >= 11 is 0. The number of guanidine groups is 1. The van der Waals surface area contributed by atoms with E-state index in [1.165, 1.54) is 44.3 Å². The molecule has 0 radical (unpaired) electrons. The highest BCUT2D eigenvalue weighted by Gasteiger charge is 2.22. The van der Waals surface area contributed by atoms with E-state index in [0.717, 1.165) is 32.0 Å². The summed E-state index contributed by atoms with van der Waals surface area (Å²) in [6.45, 7) is 11.8. The summed E-state index contributed by atoms with van der Waals surface area (Å²) in [6.07, 6.45) is 10.1. The van der Waals surface area contributed by atoms with Crippen molar-refractivity contribution in [3.05, 3.63) is 30.1 Å². The summed E-state index contributed by atoms with van der Waals surface area (Å²) in [5.74, 6) is 1.55. The van der Waals surface area contributed by atoms with Crippen LogP contribution < -0.4 is 10.6 Å². The van der Waals surface area contributed by atoms with Crippen molar-refractivity contribution in [3.8, 4) is 0 Å².